The molecule has 0 saturated carbocycles. The molecule has 2 aromatic rings. The molecule has 3 N–H and O–H groups in total. The Morgan fingerprint density at radius 1 is 1.35 bits per heavy atom. The molecule has 0 spiro atoms. The molecule has 1 atom stereocenters. The lowest BCUT2D eigenvalue weighted by Crippen LogP contribution is -2.22. The third kappa shape index (κ3) is 4.94. The lowest BCUT2D eigenvalue weighted by Gasteiger charge is -2.11. The van der Waals surface area contributed by atoms with Crippen molar-refractivity contribution in [2.24, 2.45) is 0 Å². The summed E-state index contributed by atoms with van der Waals surface area (Å²) in [5, 5.41) is 21.1. The molecule has 2 rings (SSSR count). The van der Waals surface area contributed by atoms with Crippen molar-refractivity contribution in [1.29, 1.82) is 0 Å². The summed E-state index contributed by atoms with van der Waals surface area (Å²) >= 11 is 0. The van der Waals surface area contributed by atoms with Crippen LogP contribution in [0.15, 0.2) is 42.6 Å². The fourth-order valence-corrected chi connectivity index (χ4v) is 1.80. The van der Waals surface area contributed by atoms with E-state index in [-0.39, 0.29) is 19.0 Å². The number of carbonyl (C=O) groups excluding carboxylic acids is 1. The van der Waals surface area contributed by atoms with E-state index in [0.29, 0.717) is 11.3 Å². The molecule has 122 valence electrons. The highest BCUT2D eigenvalue weighted by atomic mass is 16.5. The fraction of sp³-hybridized carbons (Fsp3) is 0.250. The van der Waals surface area contributed by atoms with Crippen molar-refractivity contribution in [2.75, 3.05) is 25.6 Å². The summed E-state index contributed by atoms with van der Waals surface area (Å²) in [7, 11) is 1.30. The normalized spacial score (nSPS) is 11.6. The SMILES string of the molecule is COC(=O)c1ccnc(Oc2cccc(NCC(O)CO)c2)c1. The predicted octanol–water partition coefficient (Wildman–Crippen LogP) is 1.43. The van der Waals surface area contributed by atoms with E-state index in [4.69, 9.17) is 9.84 Å². The largest absolute Gasteiger partial charge is 0.465 e. The van der Waals surface area contributed by atoms with E-state index in [2.05, 4.69) is 15.0 Å². The number of esters is 1. The first-order chi connectivity index (χ1) is 11.1. The molecule has 0 fully saturated rings. The Kier molecular flexibility index (Phi) is 5.90. The van der Waals surface area contributed by atoms with E-state index in [1.165, 1.54) is 25.4 Å². The molecule has 0 aliphatic carbocycles. The molecule has 0 saturated heterocycles. The molecule has 0 radical (unpaired) electrons. The first-order valence-electron chi connectivity index (χ1n) is 6.97. The molecular formula is C16H18N2O5. The zero-order valence-electron chi connectivity index (χ0n) is 12.6. The van der Waals surface area contributed by atoms with E-state index >= 15 is 0 Å². The third-order valence-electron chi connectivity index (χ3n) is 2.96. The highest BCUT2D eigenvalue weighted by Crippen LogP contribution is 2.23. The lowest BCUT2D eigenvalue weighted by molar-refractivity contribution is 0.0600. The van der Waals surface area contributed by atoms with Crippen LogP contribution in [0.1, 0.15) is 10.4 Å². The summed E-state index contributed by atoms with van der Waals surface area (Å²) in [6.07, 6.45) is 0.624. The Morgan fingerprint density at radius 2 is 2.17 bits per heavy atom. The second-order valence-corrected chi connectivity index (χ2v) is 4.72. The molecule has 0 bridgehead atoms. The maximum absolute atomic E-state index is 11.5. The fourth-order valence-electron chi connectivity index (χ4n) is 1.80. The zero-order valence-corrected chi connectivity index (χ0v) is 12.6. The summed E-state index contributed by atoms with van der Waals surface area (Å²) in [6.45, 7) is -0.0938. The number of hydrogen-bond donors (Lipinski definition) is 3. The van der Waals surface area contributed by atoms with Crippen LogP contribution in [-0.2, 0) is 4.74 Å². The van der Waals surface area contributed by atoms with E-state index in [9.17, 15) is 9.90 Å². The van der Waals surface area contributed by atoms with Crippen molar-refractivity contribution in [1.82, 2.24) is 4.98 Å². The number of nitrogens with one attached hydrogen (secondary N) is 1. The van der Waals surface area contributed by atoms with Crippen molar-refractivity contribution < 1.29 is 24.5 Å². The standard InChI is InChI=1S/C16H18N2O5/c1-22-16(21)11-5-6-17-15(7-11)23-14-4-2-3-12(8-14)18-9-13(20)10-19/h2-8,13,18-20H,9-10H2,1H3. The average Bonchev–Trinajstić information content (AvgIpc) is 2.59. The first kappa shape index (κ1) is 16.7. The minimum Gasteiger partial charge on any atom is -0.465 e. The van der Waals surface area contributed by atoms with E-state index < -0.39 is 12.1 Å². The van der Waals surface area contributed by atoms with E-state index in [1.807, 2.05) is 0 Å². The third-order valence-corrected chi connectivity index (χ3v) is 2.96. The molecule has 1 unspecified atom stereocenters. The summed E-state index contributed by atoms with van der Waals surface area (Å²) in [6, 6.07) is 10.0. The van der Waals surface area contributed by atoms with Gasteiger partial charge < -0.3 is 25.0 Å². The number of aromatic nitrogens is 1. The van der Waals surface area contributed by atoms with Crippen LogP contribution in [0.3, 0.4) is 0 Å². The summed E-state index contributed by atoms with van der Waals surface area (Å²) < 4.78 is 10.3. The van der Waals surface area contributed by atoms with Gasteiger partial charge in [0, 0.05) is 30.6 Å². The number of benzene rings is 1. The number of rotatable bonds is 7. The van der Waals surface area contributed by atoms with Crippen molar-refractivity contribution in [3.8, 4) is 11.6 Å². The van der Waals surface area contributed by atoms with Crippen LogP contribution in [0, 0.1) is 0 Å². The van der Waals surface area contributed by atoms with Crippen LogP contribution in [-0.4, -0.2) is 47.5 Å². The van der Waals surface area contributed by atoms with Gasteiger partial charge >= 0.3 is 5.97 Å². The van der Waals surface area contributed by atoms with Crippen molar-refractivity contribution in [3.63, 3.8) is 0 Å². The lowest BCUT2D eigenvalue weighted by atomic mass is 10.2. The number of methoxy groups -OCH3 is 1. The molecular weight excluding hydrogens is 300 g/mol. The average molecular weight is 318 g/mol. The number of anilines is 1. The second kappa shape index (κ2) is 8.11. The number of aliphatic hydroxyl groups excluding tert-OH is 2. The smallest absolute Gasteiger partial charge is 0.338 e. The van der Waals surface area contributed by atoms with Gasteiger partial charge in [-0.15, -0.1) is 0 Å². The molecule has 0 aliphatic heterocycles. The number of ether oxygens (including phenoxy) is 2. The van der Waals surface area contributed by atoms with Gasteiger partial charge in [0.05, 0.1) is 25.4 Å². The Bertz CT molecular complexity index is 662. The summed E-state index contributed by atoms with van der Waals surface area (Å²) in [5.74, 6) is 0.314. The Hall–Kier alpha value is -2.64. The Labute approximate surface area is 133 Å². The minimum absolute atomic E-state index is 0.218. The van der Waals surface area contributed by atoms with Gasteiger partial charge in [-0.1, -0.05) is 6.07 Å². The van der Waals surface area contributed by atoms with Gasteiger partial charge in [0.15, 0.2) is 0 Å². The topological polar surface area (TPSA) is 101 Å². The Morgan fingerprint density at radius 3 is 2.91 bits per heavy atom. The molecule has 7 nitrogen and oxygen atoms in total. The molecule has 1 aromatic carbocycles. The van der Waals surface area contributed by atoms with E-state index in [0.717, 1.165) is 5.69 Å². The molecule has 1 aromatic heterocycles. The van der Waals surface area contributed by atoms with Crippen LogP contribution in [0.25, 0.3) is 0 Å². The van der Waals surface area contributed by atoms with Gasteiger partial charge in [0.1, 0.15) is 5.75 Å². The van der Waals surface area contributed by atoms with Crippen LogP contribution in [0.5, 0.6) is 11.6 Å². The van der Waals surface area contributed by atoms with Crippen LogP contribution >= 0.6 is 0 Å². The maximum atomic E-state index is 11.5. The molecule has 1 heterocycles. The monoisotopic (exact) mass is 318 g/mol. The highest BCUT2D eigenvalue weighted by molar-refractivity contribution is 5.89. The number of hydrogen-bond acceptors (Lipinski definition) is 7. The highest BCUT2D eigenvalue weighted by Gasteiger charge is 2.08. The molecule has 7 heteroatoms. The number of aliphatic hydroxyl groups is 2. The van der Waals surface area contributed by atoms with Gasteiger partial charge in [-0.3, -0.25) is 0 Å². The zero-order chi connectivity index (χ0) is 16.7. The molecule has 0 aliphatic rings. The van der Waals surface area contributed by atoms with Gasteiger partial charge in [-0.2, -0.15) is 0 Å². The van der Waals surface area contributed by atoms with Crippen molar-refractivity contribution in [2.45, 2.75) is 6.10 Å². The summed E-state index contributed by atoms with van der Waals surface area (Å²) in [4.78, 5) is 15.5. The second-order valence-electron chi connectivity index (χ2n) is 4.72. The number of carbonyl (C=O) groups is 1. The minimum atomic E-state index is -0.835. The van der Waals surface area contributed by atoms with Crippen LogP contribution < -0.4 is 10.1 Å². The quantitative estimate of drug-likeness (QED) is 0.664. The van der Waals surface area contributed by atoms with Gasteiger partial charge in [0.2, 0.25) is 5.88 Å². The molecule has 23 heavy (non-hydrogen) atoms. The van der Waals surface area contributed by atoms with Crippen molar-refractivity contribution in [3.05, 3.63) is 48.2 Å². The first-order valence-corrected chi connectivity index (χ1v) is 6.97. The van der Waals surface area contributed by atoms with E-state index in [1.54, 1.807) is 24.3 Å². The van der Waals surface area contributed by atoms with Crippen LogP contribution in [0.2, 0.25) is 0 Å². The van der Waals surface area contributed by atoms with Gasteiger partial charge in [-0.05, 0) is 18.2 Å². The number of pyridine rings is 1. The molecule has 0 amide bonds. The number of nitrogens with zero attached hydrogens (tertiary/aromatic N) is 1. The van der Waals surface area contributed by atoms with Crippen LogP contribution in [0.4, 0.5) is 5.69 Å². The Balaban J connectivity index is 2.07. The van der Waals surface area contributed by atoms with Crippen molar-refractivity contribution >= 4 is 11.7 Å². The predicted molar refractivity (Wildman–Crippen MR) is 83.7 cm³/mol. The maximum Gasteiger partial charge on any atom is 0.338 e. The van der Waals surface area contributed by atoms with Gasteiger partial charge in [0.25, 0.3) is 0 Å². The summed E-state index contributed by atoms with van der Waals surface area (Å²) in [5.41, 5.74) is 1.07. The van der Waals surface area contributed by atoms with Gasteiger partial charge in [-0.25, -0.2) is 9.78 Å².